The third-order valence-electron chi connectivity index (χ3n) is 3.60. The van der Waals surface area contributed by atoms with Crippen LogP contribution < -0.4 is 15.4 Å². The van der Waals surface area contributed by atoms with Gasteiger partial charge in [-0.1, -0.05) is 0 Å². The van der Waals surface area contributed by atoms with Crippen LogP contribution in [-0.2, 0) is 9.59 Å². The summed E-state index contributed by atoms with van der Waals surface area (Å²) in [6, 6.07) is 7.42. The number of nitro groups is 1. The van der Waals surface area contributed by atoms with E-state index in [0.717, 1.165) is 0 Å². The van der Waals surface area contributed by atoms with Crippen molar-refractivity contribution in [2.24, 2.45) is 0 Å². The molecule has 1 aliphatic heterocycles. The monoisotopic (exact) mass is 387 g/mol. The Morgan fingerprint density at radius 3 is 2.56 bits per heavy atom. The molecule has 1 fully saturated rings. The van der Waals surface area contributed by atoms with E-state index in [9.17, 15) is 19.7 Å². The first-order valence-electron chi connectivity index (χ1n) is 7.79. The Balaban J connectivity index is 1.95. The molecule has 138 valence electrons. The lowest BCUT2D eigenvalue weighted by atomic mass is 10.1. The lowest BCUT2D eigenvalue weighted by Gasteiger charge is -2.15. The van der Waals surface area contributed by atoms with E-state index >= 15 is 0 Å². The van der Waals surface area contributed by atoms with Crippen LogP contribution in [0.3, 0.4) is 0 Å². The molecule has 1 aliphatic rings. The van der Waals surface area contributed by atoms with Crippen LogP contribution in [0, 0.1) is 10.1 Å². The molecule has 9 nitrogen and oxygen atoms in total. The highest BCUT2D eigenvalue weighted by atomic mass is 32.1. The van der Waals surface area contributed by atoms with Gasteiger partial charge < -0.3 is 9.15 Å². The van der Waals surface area contributed by atoms with Crippen molar-refractivity contribution < 1.29 is 23.7 Å². The summed E-state index contributed by atoms with van der Waals surface area (Å²) in [5.74, 6) is -0.555. The van der Waals surface area contributed by atoms with Crippen molar-refractivity contribution in [1.82, 2.24) is 10.6 Å². The zero-order valence-corrected chi connectivity index (χ0v) is 14.8. The number of benzene rings is 1. The standard InChI is InChI=1S/C17H13N3O6S/c1-2-25-9-3-5-11(13(8-9)20(23)24)14-6-4-10(26-14)7-12-15(21)18-17(27)19-16(12)22/h3-8H,2H2,1H3,(H2,18,19,21,22,27). The number of carbonyl (C=O) groups excluding carboxylic acids is 2. The smallest absolute Gasteiger partial charge is 0.284 e. The summed E-state index contributed by atoms with van der Waals surface area (Å²) in [5.41, 5.74) is -0.134. The molecule has 10 heteroatoms. The first-order valence-corrected chi connectivity index (χ1v) is 8.19. The van der Waals surface area contributed by atoms with Crippen molar-refractivity contribution in [2.45, 2.75) is 6.92 Å². The molecule has 0 unspecified atom stereocenters. The van der Waals surface area contributed by atoms with Crippen molar-refractivity contribution in [3.8, 4) is 17.1 Å². The van der Waals surface area contributed by atoms with Gasteiger partial charge in [0.2, 0.25) is 0 Å². The van der Waals surface area contributed by atoms with E-state index in [0.29, 0.717) is 12.4 Å². The number of carbonyl (C=O) groups is 2. The summed E-state index contributed by atoms with van der Waals surface area (Å²) in [5, 5.41) is 15.9. The fourth-order valence-corrected chi connectivity index (χ4v) is 2.64. The second-order valence-electron chi connectivity index (χ2n) is 5.37. The van der Waals surface area contributed by atoms with Crippen molar-refractivity contribution in [1.29, 1.82) is 0 Å². The average Bonchev–Trinajstić information content (AvgIpc) is 3.07. The lowest BCUT2D eigenvalue weighted by molar-refractivity contribution is -0.384. The second-order valence-corrected chi connectivity index (χ2v) is 5.77. The van der Waals surface area contributed by atoms with Crippen LogP contribution in [0.2, 0.25) is 0 Å². The van der Waals surface area contributed by atoms with Gasteiger partial charge in [-0.2, -0.15) is 0 Å². The van der Waals surface area contributed by atoms with Crippen molar-refractivity contribution in [3.63, 3.8) is 0 Å². The molecule has 1 aromatic heterocycles. The van der Waals surface area contributed by atoms with Gasteiger partial charge in [0.1, 0.15) is 22.8 Å². The number of nitrogens with zero attached hydrogens (tertiary/aromatic N) is 1. The quantitative estimate of drug-likeness (QED) is 0.265. The number of furan rings is 1. The van der Waals surface area contributed by atoms with E-state index in [4.69, 9.17) is 21.4 Å². The van der Waals surface area contributed by atoms with Gasteiger partial charge in [0.15, 0.2) is 5.11 Å². The van der Waals surface area contributed by atoms with Gasteiger partial charge in [0.25, 0.3) is 17.5 Å². The molecule has 1 saturated heterocycles. The minimum atomic E-state index is -0.659. The maximum absolute atomic E-state index is 11.9. The predicted molar refractivity (Wildman–Crippen MR) is 98.8 cm³/mol. The minimum absolute atomic E-state index is 0.0766. The number of amides is 2. The normalized spacial score (nSPS) is 13.8. The van der Waals surface area contributed by atoms with Crippen LogP contribution in [0.25, 0.3) is 17.4 Å². The topological polar surface area (TPSA) is 124 Å². The molecule has 2 heterocycles. The highest BCUT2D eigenvalue weighted by Gasteiger charge is 2.26. The Bertz CT molecular complexity index is 972. The van der Waals surface area contributed by atoms with Crippen LogP contribution in [0.1, 0.15) is 12.7 Å². The van der Waals surface area contributed by atoms with E-state index in [2.05, 4.69) is 10.6 Å². The van der Waals surface area contributed by atoms with Crippen LogP contribution in [-0.4, -0.2) is 28.5 Å². The number of hydrogen-bond acceptors (Lipinski definition) is 7. The summed E-state index contributed by atoms with van der Waals surface area (Å²) >= 11 is 4.72. The number of nitrogens with one attached hydrogen (secondary N) is 2. The summed E-state index contributed by atoms with van der Waals surface area (Å²) in [7, 11) is 0. The molecule has 0 atom stereocenters. The highest BCUT2D eigenvalue weighted by Crippen LogP contribution is 2.34. The summed E-state index contributed by atoms with van der Waals surface area (Å²) < 4.78 is 10.9. The molecule has 2 N–H and O–H groups in total. The van der Waals surface area contributed by atoms with Gasteiger partial charge >= 0.3 is 0 Å². The SMILES string of the molecule is CCOc1ccc(-c2ccc(C=C3C(=O)NC(=S)NC3=O)o2)c([N+](=O)[O-])c1. The zero-order chi connectivity index (χ0) is 19.6. The molecule has 27 heavy (non-hydrogen) atoms. The fraction of sp³-hybridized carbons (Fsp3) is 0.118. The van der Waals surface area contributed by atoms with Gasteiger partial charge in [-0.3, -0.25) is 30.3 Å². The number of ether oxygens (including phenoxy) is 1. The molecule has 0 spiro atoms. The Hall–Kier alpha value is -3.53. The number of nitro benzene ring substituents is 1. The molecule has 2 amide bonds. The Labute approximate surface area is 158 Å². The molecule has 2 aromatic rings. The van der Waals surface area contributed by atoms with Crippen molar-refractivity contribution in [2.75, 3.05) is 6.61 Å². The maximum Gasteiger partial charge on any atom is 0.284 e. The van der Waals surface area contributed by atoms with Gasteiger partial charge in [-0.25, -0.2) is 0 Å². The van der Waals surface area contributed by atoms with E-state index in [1.807, 2.05) is 0 Å². The molecule has 1 aromatic carbocycles. The van der Waals surface area contributed by atoms with Crippen LogP contribution in [0.15, 0.2) is 40.3 Å². The van der Waals surface area contributed by atoms with Gasteiger partial charge in [-0.15, -0.1) is 0 Å². The van der Waals surface area contributed by atoms with Gasteiger partial charge in [0, 0.05) is 0 Å². The van der Waals surface area contributed by atoms with Crippen LogP contribution in [0.4, 0.5) is 5.69 Å². The van der Waals surface area contributed by atoms with E-state index < -0.39 is 16.7 Å². The molecule has 0 radical (unpaired) electrons. The Kier molecular flexibility index (Phi) is 4.99. The van der Waals surface area contributed by atoms with Gasteiger partial charge in [0.05, 0.1) is 23.2 Å². The Morgan fingerprint density at radius 1 is 1.22 bits per heavy atom. The molecule has 0 bridgehead atoms. The van der Waals surface area contributed by atoms with E-state index in [1.54, 1.807) is 13.0 Å². The predicted octanol–water partition coefficient (Wildman–Crippen LogP) is 2.17. The second kappa shape index (κ2) is 7.38. The third-order valence-corrected chi connectivity index (χ3v) is 3.80. The molecular weight excluding hydrogens is 374 g/mol. The average molecular weight is 387 g/mol. The van der Waals surface area contributed by atoms with Crippen molar-refractivity contribution in [3.05, 3.63) is 51.8 Å². The number of hydrogen-bond donors (Lipinski definition) is 2. The number of rotatable bonds is 5. The zero-order valence-electron chi connectivity index (χ0n) is 14.0. The summed E-state index contributed by atoms with van der Waals surface area (Å²) in [4.78, 5) is 34.6. The minimum Gasteiger partial charge on any atom is -0.494 e. The summed E-state index contributed by atoms with van der Waals surface area (Å²) in [6.07, 6.45) is 1.23. The largest absolute Gasteiger partial charge is 0.494 e. The molecule has 0 saturated carbocycles. The lowest BCUT2D eigenvalue weighted by Crippen LogP contribution is -2.51. The van der Waals surface area contributed by atoms with E-state index in [-0.39, 0.29) is 33.5 Å². The van der Waals surface area contributed by atoms with Gasteiger partial charge in [-0.05, 0) is 49.5 Å². The first kappa shape index (κ1) is 18.3. The van der Waals surface area contributed by atoms with Crippen molar-refractivity contribution >= 4 is 40.9 Å². The maximum atomic E-state index is 11.9. The van der Waals surface area contributed by atoms with Crippen LogP contribution in [0.5, 0.6) is 5.75 Å². The number of thiocarbonyl (C=S) groups is 1. The highest BCUT2D eigenvalue weighted by molar-refractivity contribution is 7.80. The molecule has 0 aliphatic carbocycles. The third kappa shape index (κ3) is 3.85. The Morgan fingerprint density at radius 2 is 1.93 bits per heavy atom. The molecule has 3 rings (SSSR count). The van der Waals surface area contributed by atoms with Crippen LogP contribution >= 0.6 is 12.2 Å². The molecular formula is C17H13N3O6S. The summed E-state index contributed by atoms with van der Waals surface area (Å²) in [6.45, 7) is 2.15. The first-order chi connectivity index (χ1) is 12.9. The van der Waals surface area contributed by atoms with E-state index in [1.165, 1.54) is 30.3 Å². The fourth-order valence-electron chi connectivity index (χ4n) is 2.45.